The zero-order chi connectivity index (χ0) is 28.8. The lowest BCUT2D eigenvalue weighted by atomic mass is 9.88. The summed E-state index contributed by atoms with van der Waals surface area (Å²) in [5.41, 5.74) is -0.0448. The number of aromatic nitrogens is 1. The lowest BCUT2D eigenvalue weighted by molar-refractivity contribution is -0.142. The maximum Gasteiger partial charge on any atom is 0.417 e. The summed E-state index contributed by atoms with van der Waals surface area (Å²) in [7, 11) is 1.79. The number of hydrogen-bond donors (Lipinski definition) is 0. The van der Waals surface area contributed by atoms with Gasteiger partial charge in [0.1, 0.15) is 5.82 Å². The van der Waals surface area contributed by atoms with Crippen LogP contribution in [-0.4, -0.2) is 66.4 Å². The normalized spacial score (nSPS) is 22.9. The predicted octanol–water partition coefficient (Wildman–Crippen LogP) is 6.12. The lowest BCUT2D eigenvalue weighted by Gasteiger charge is -2.34. The van der Waals surface area contributed by atoms with E-state index in [0.29, 0.717) is 61.4 Å². The van der Waals surface area contributed by atoms with Gasteiger partial charge in [0.15, 0.2) is 0 Å². The maximum absolute atomic E-state index is 13.7. The molecule has 1 aromatic carbocycles. The van der Waals surface area contributed by atoms with E-state index in [9.17, 15) is 22.8 Å². The van der Waals surface area contributed by atoms with Crippen LogP contribution < -0.4 is 4.90 Å². The number of carbonyl (C=O) groups excluding carboxylic acids is 2. The third-order valence-electron chi connectivity index (χ3n) is 8.75. The Labute approximate surface area is 242 Å². The van der Waals surface area contributed by atoms with Crippen molar-refractivity contribution in [3.05, 3.63) is 57.7 Å². The molecule has 2 amide bonds. The number of rotatable bonds is 6. The van der Waals surface area contributed by atoms with E-state index in [1.807, 2.05) is 33.8 Å². The van der Waals surface area contributed by atoms with E-state index in [1.54, 1.807) is 13.1 Å². The third kappa shape index (κ3) is 6.05. The van der Waals surface area contributed by atoms with Crippen LogP contribution in [0.3, 0.4) is 0 Å². The highest BCUT2D eigenvalue weighted by molar-refractivity contribution is 6.42. The highest BCUT2D eigenvalue weighted by Crippen LogP contribution is 2.47. The van der Waals surface area contributed by atoms with Gasteiger partial charge in [-0.1, -0.05) is 36.2 Å². The van der Waals surface area contributed by atoms with Gasteiger partial charge < -0.3 is 14.7 Å². The molecule has 3 aliphatic rings. The standard InChI is InChI=1S/C29H33Cl2F3N4O2/c1-28(9-10-28)27(40)37-11-7-18(8-12-37)26(39)38-16-20(22(17-38)19-3-5-23(30)24(31)13-19)15-36(2)25-6-4-21(14-35-25)29(32,33)34/h3-6,13-14,18,20,22H,7-12,15-17H2,1-2H3/t20-,22+/m0/s1. The fraction of sp³-hybridized carbons (Fsp3) is 0.552. The van der Waals surface area contributed by atoms with Crippen LogP contribution >= 0.6 is 23.2 Å². The molecule has 1 aliphatic carbocycles. The molecule has 0 radical (unpaired) electrons. The SMILES string of the molecule is CN(C[C@H]1CN(C(=O)C2CCN(C(=O)C3(C)CC3)CC2)C[C@@H]1c1ccc(Cl)c(Cl)c1)c1ccc(C(F)(F)F)cn1. The largest absolute Gasteiger partial charge is 0.417 e. The number of likely N-dealkylation sites (tertiary alicyclic amines) is 2. The minimum atomic E-state index is -4.45. The number of anilines is 1. The molecule has 5 rings (SSSR count). The number of halogens is 5. The summed E-state index contributed by atoms with van der Waals surface area (Å²) >= 11 is 12.5. The van der Waals surface area contributed by atoms with E-state index in [1.165, 1.54) is 6.07 Å². The number of alkyl halides is 3. The number of piperidine rings is 1. The topological polar surface area (TPSA) is 56.8 Å². The second-order valence-corrected chi connectivity index (χ2v) is 12.5. The molecule has 1 saturated carbocycles. The molecule has 1 aromatic heterocycles. The zero-order valence-electron chi connectivity index (χ0n) is 22.6. The molecule has 216 valence electrons. The van der Waals surface area contributed by atoms with Crippen LogP contribution in [0.5, 0.6) is 0 Å². The average Bonchev–Trinajstić information content (AvgIpc) is 3.55. The molecular weight excluding hydrogens is 564 g/mol. The summed E-state index contributed by atoms with van der Waals surface area (Å²) in [6.07, 6.45) is -0.440. The minimum absolute atomic E-state index is 0.00762. The highest BCUT2D eigenvalue weighted by atomic mass is 35.5. The third-order valence-corrected chi connectivity index (χ3v) is 9.49. The second-order valence-electron chi connectivity index (χ2n) is 11.7. The van der Waals surface area contributed by atoms with Crippen molar-refractivity contribution in [3.63, 3.8) is 0 Å². The monoisotopic (exact) mass is 596 g/mol. The Balaban J connectivity index is 1.29. The van der Waals surface area contributed by atoms with Gasteiger partial charge in [-0.25, -0.2) is 4.98 Å². The first-order valence-electron chi connectivity index (χ1n) is 13.6. The summed E-state index contributed by atoms with van der Waals surface area (Å²) < 4.78 is 39.0. The van der Waals surface area contributed by atoms with Gasteiger partial charge in [0.05, 0.1) is 15.6 Å². The molecular formula is C29H33Cl2F3N4O2. The fourth-order valence-corrected chi connectivity index (χ4v) is 6.26. The molecule has 40 heavy (non-hydrogen) atoms. The molecule has 2 atom stereocenters. The molecule has 0 N–H and O–H groups in total. The molecule has 6 nitrogen and oxygen atoms in total. The first kappa shape index (κ1) is 29.0. The second kappa shape index (κ2) is 11.0. The van der Waals surface area contributed by atoms with Crippen molar-refractivity contribution < 1.29 is 22.8 Å². The molecule has 11 heteroatoms. The van der Waals surface area contributed by atoms with Gasteiger partial charge in [-0.05, 0) is 55.5 Å². The van der Waals surface area contributed by atoms with E-state index in [4.69, 9.17) is 23.2 Å². The van der Waals surface area contributed by atoms with Crippen molar-refractivity contribution >= 4 is 40.8 Å². The van der Waals surface area contributed by atoms with Gasteiger partial charge >= 0.3 is 6.18 Å². The van der Waals surface area contributed by atoms with E-state index < -0.39 is 11.7 Å². The smallest absolute Gasteiger partial charge is 0.359 e. The van der Waals surface area contributed by atoms with Crippen LogP contribution in [0.25, 0.3) is 0 Å². The molecule has 0 spiro atoms. The Hall–Kier alpha value is -2.52. The Kier molecular flexibility index (Phi) is 8.00. The molecule has 2 aliphatic heterocycles. The molecule has 3 heterocycles. The van der Waals surface area contributed by atoms with Gasteiger partial charge in [0.25, 0.3) is 0 Å². The molecule has 0 bridgehead atoms. The summed E-state index contributed by atoms with van der Waals surface area (Å²) in [5.74, 6) is 0.538. The fourth-order valence-electron chi connectivity index (χ4n) is 5.95. The predicted molar refractivity (Wildman–Crippen MR) is 148 cm³/mol. The summed E-state index contributed by atoms with van der Waals surface area (Å²) in [4.78, 5) is 36.1. The Morgan fingerprint density at radius 1 is 1.05 bits per heavy atom. The Bertz CT molecular complexity index is 1260. The molecule has 3 fully saturated rings. The molecule has 2 saturated heterocycles. The van der Waals surface area contributed by atoms with Gasteiger partial charge in [-0.3, -0.25) is 9.59 Å². The number of hydrogen-bond acceptors (Lipinski definition) is 4. The number of nitrogens with zero attached hydrogens (tertiary/aromatic N) is 4. The van der Waals surface area contributed by atoms with E-state index >= 15 is 0 Å². The zero-order valence-corrected chi connectivity index (χ0v) is 24.1. The quantitative estimate of drug-likeness (QED) is 0.403. The van der Waals surface area contributed by atoms with E-state index in [0.717, 1.165) is 30.7 Å². The minimum Gasteiger partial charge on any atom is -0.359 e. The molecule has 2 aromatic rings. The summed E-state index contributed by atoms with van der Waals surface area (Å²) in [5, 5.41) is 0.877. The van der Waals surface area contributed by atoms with Crippen LogP contribution in [0.15, 0.2) is 36.5 Å². The van der Waals surface area contributed by atoms with Crippen molar-refractivity contribution in [2.45, 2.75) is 44.7 Å². The van der Waals surface area contributed by atoms with Crippen LogP contribution in [0.1, 0.15) is 49.7 Å². The van der Waals surface area contributed by atoms with Crippen LogP contribution in [0.4, 0.5) is 19.0 Å². The van der Waals surface area contributed by atoms with Crippen molar-refractivity contribution in [1.82, 2.24) is 14.8 Å². The van der Waals surface area contributed by atoms with Crippen molar-refractivity contribution in [2.24, 2.45) is 17.3 Å². The first-order chi connectivity index (χ1) is 18.9. The van der Waals surface area contributed by atoms with Crippen molar-refractivity contribution in [1.29, 1.82) is 0 Å². The van der Waals surface area contributed by atoms with Crippen LogP contribution in [-0.2, 0) is 15.8 Å². The number of benzene rings is 1. The number of carbonyl (C=O) groups is 2. The summed E-state index contributed by atoms with van der Waals surface area (Å²) in [6, 6.07) is 7.88. The summed E-state index contributed by atoms with van der Waals surface area (Å²) in [6.45, 7) is 4.70. The van der Waals surface area contributed by atoms with Crippen LogP contribution in [0.2, 0.25) is 10.0 Å². The first-order valence-corrected chi connectivity index (χ1v) is 14.4. The average molecular weight is 598 g/mol. The van der Waals surface area contributed by atoms with Gasteiger partial charge in [-0.2, -0.15) is 13.2 Å². The van der Waals surface area contributed by atoms with Gasteiger partial charge in [0, 0.05) is 69.1 Å². The number of amides is 2. The lowest BCUT2D eigenvalue weighted by Crippen LogP contribution is -2.46. The van der Waals surface area contributed by atoms with Crippen molar-refractivity contribution in [3.8, 4) is 0 Å². The Morgan fingerprint density at radius 2 is 1.75 bits per heavy atom. The van der Waals surface area contributed by atoms with Gasteiger partial charge in [0.2, 0.25) is 11.8 Å². The number of pyridine rings is 1. The van der Waals surface area contributed by atoms with Crippen LogP contribution in [0, 0.1) is 17.3 Å². The molecule has 0 unspecified atom stereocenters. The highest BCUT2D eigenvalue weighted by Gasteiger charge is 2.48. The van der Waals surface area contributed by atoms with Crippen molar-refractivity contribution in [2.75, 3.05) is 44.7 Å². The Morgan fingerprint density at radius 3 is 2.33 bits per heavy atom. The van der Waals surface area contributed by atoms with E-state index in [-0.39, 0.29) is 35.0 Å². The van der Waals surface area contributed by atoms with E-state index in [2.05, 4.69) is 4.98 Å². The maximum atomic E-state index is 13.7. The van der Waals surface area contributed by atoms with Gasteiger partial charge in [-0.15, -0.1) is 0 Å².